The third-order valence-electron chi connectivity index (χ3n) is 5.57. The van der Waals surface area contributed by atoms with Crippen LogP contribution in [0, 0.1) is 6.92 Å². The maximum atomic E-state index is 13.1. The van der Waals surface area contributed by atoms with Crippen LogP contribution in [0.15, 0.2) is 45.6 Å². The van der Waals surface area contributed by atoms with Gasteiger partial charge in [0.1, 0.15) is 11.5 Å². The van der Waals surface area contributed by atoms with Crippen molar-refractivity contribution in [3.63, 3.8) is 0 Å². The minimum Gasteiger partial charge on any atom is -0.507 e. The van der Waals surface area contributed by atoms with Gasteiger partial charge in [-0.15, -0.1) is 0 Å². The largest absolute Gasteiger partial charge is 0.507 e. The van der Waals surface area contributed by atoms with E-state index in [1.54, 1.807) is 37.3 Å². The fraction of sp³-hybridized carbons (Fsp3) is 0.280. The highest BCUT2D eigenvalue weighted by Crippen LogP contribution is 2.43. The van der Waals surface area contributed by atoms with E-state index >= 15 is 0 Å². The first-order chi connectivity index (χ1) is 16.8. The second-order valence-corrected chi connectivity index (χ2v) is 7.78. The molecule has 0 spiro atoms. The van der Waals surface area contributed by atoms with Crippen LogP contribution < -0.4 is 34.6 Å². The minimum atomic E-state index is -0.894. The van der Waals surface area contributed by atoms with Crippen molar-refractivity contribution in [1.82, 2.24) is 0 Å². The maximum absolute atomic E-state index is 13.1. The zero-order valence-electron chi connectivity index (χ0n) is 19.7. The average molecular weight is 483 g/mol. The van der Waals surface area contributed by atoms with E-state index in [1.165, 1.54) is 27.4 Å². The Bertz CT molecular complexity index is 1290. The lowest BCUT2D eigenvalue weighted by atomic mass is 9.88. The molecule has 2 heterocycles. The lowest BCUT2D eigenvalue weighted by Gasteiger charge is -2.21. The van der Waals surface area contributed by atoms with Crippen LogP contribution in [-0.4, -0.2) is 39.1 Å². The summed E-state index contributed by atoms with van der Waals surface area (Å²) < 4.78 is 32.1. The lowest BCUT2D eigenvalue weighted by molar-refractivity contribution is -0.116. The second kappa shape index (κ2) is 9.88. The molecule has 0 saturated carbocycles. The molecule has 2 N–H and O–H groups in total. The Morgan fingerprint density at radius 1 is 1.03 bits per heavy atom. The number of carbonyl (C=O) groups is 1. The van der Waals surface area contributed by atoms with Crippen molar-refractivity contribution < 1.29 is 38.0 Å². The molecule has 3 aromatic rings. The Balaban J connectivity index is 1.74. The normalized spacial score (nSPS) is 12.7. The van der Waals surface area contributed by atoms with Gasteiger partial charge in [-0.05, 0) is 36.8 Å². The number of hydrogen-bond donors (Lipinski definition) is 2. The summed E-state index contributed by atoms with van der Waals surface area (Å²) in [5.74, 6) is 0.761. The molecular formula is C25H25NO9. The molecular weight excluding hydrogens is 458 g/mol. The van der Waals surface area contributed by atoms with Crippen molar-refractivity contribution in [3.8, 4) is 34.5 Å². The Morgan fingerprint density at radius 2 is 1.71 bits per heavy atom. The van der Waals surface area contributed by atoms with Crippen LogP contribution in [0.5, 0.6) is 34.5 Å². The Kier molecular flexibility index (Phi) is 6.72. The van der Waals surface area contributed by atoms with E-state index in [-0.39, 0.29) is 30.3 Å². The summed E-state index contributed by atoms with van der Waals surface area (Å²) in [6.45, 7) is 1.66. The third kappa shape index (κ3) is 4.81. The molecule has 4 rings (SSSR count). The van der Waals surface area contributed by atoms with Crippen molar-refractivity contribution in [2.75, 3.05) is 33.4 Å². The van der Waals surface area contributed by atoms with Gasteiger partial charge in [0, 0.05) is 30.2 Å². The van der Waals surface area contributed by atoms with Gasteiger partial charge in [-0.25, -0.2) is 4.79 Å². The van der Waals surface area contributed by atoms with Crippen LogP contribution >= 0.6 is 0 Å². The van der Waals surface area contributed by atoms with Crippen molar-refractivity contribution >= 4 is 11.6 Å². The van der Waals surface area contributed by atoms with Crippen LogP contribution in [0.25, 0.3) is 0 Å². The highest BCUT2D eigenvalue weighted by Gasteiger charge is 2.28. The molecule has 2 aromatic carbocycles. The van der Waals surface area contributed by atoms with Gasteiger partial charge in [-0.1, -0.05) is 0 Å². The summed E-state index contributed by atoms with van der Waals surface area (Å²) in [5, 5.41) is 13.5. The van der Waals surface area contributed by atoms with Gasteiger partial charge in [-0.2, -0.15) is 0 Å². The highest BCUT2D eigenvalue weighted by atomic mass is 16.7. The predicted molar refractivity (Wildman–Crippen MR) is 125 cm³/mol. The number of ether oxygens (including phenoxy) is 5. The number of benzene rings is 2. The topological polar surface area (TPSA) is 126 Å². The van der Waals surface area contributed by atoms with Crippen LogP contribution in [0.2, 0.25) is 0 Å². The number of hydrogen-bond acceptors (Lipinski definition) is 9. The number of rotatable bonds is 8. The molecule has 35 heavy (non-hydrogen) atoms. The smallest absolute Gasteiger partial charge is 0.343 e. The fourth-order valence-electron chi connectivity index (χ4n) is 3.99. The molecule has 1 amide bonds. The summed E-state index contributed by atoms with van der Waals surface area (Å²) in [4.78, 5) is 25.9. The van der Waals surface area contributed by atoms with E-state index < -0.39 is 17.5 Å². The first kappa shape index (κ1) is 23.8. The van der Waals surface area contributed by atoms with E-state index in [0.29, 0.717) is 40.0 Å². The number of fused-ring (bicyclic) bond motifs is 1. The predicted octanol–water partition coefficient (Wildman–Crippen LogP) is 3.57. The molecule has 0 aliphatic carbocycles. The van der Waals surface area contributed by atoms with Crippen molar-refractivity contribution in [1.29, 1.82) is 0 Å². The molecule has 0 radical (unpaired) electrons. The van der Waals surface area contributed by atoms with Crippen LogP contribution in [-0.2, 0) is 4.79 Å². The average Bonchev–Trinajstić information content (AvgIpc) is 3.29. The third-order valence-corrected chi connectivity index (χ3v) is 5.57. The van der Waals surface area contributed by atoms with E-state index in [9.17, 15) is 14.7 Å². The highest BCUT2D eigenvalue weighted by molar-refractivity contribution is 5.92. The van der Waals surface area contributed by atoms with Gasteiger partial charge in [0.25, 0.3) is 0 Å². The summed E-state index contributed by atoms with van der Waals surface area (Å²) in [6, 6.07) is 9.59. The zero-order chi connectivity index (χ0) is 25.1. The maximum Gasteiger partial charge on any atom is 0.343 e. The van der Waals surface area contributed by atoms with Gasteiger partial charge < -0.3 is 38.5 Å². The quantitative estimate of drug-likeness (QED) is 0.494. The molecule has 10 nitrogen and oxygen atoms in total. The number of aryl methyl sites for hydroxylation is 1. The van der Waals surface area contributed by atoms with E-state index in [0.717, 1.165) is 0 Å². The van der Waals surface area contributed by atoms with Crippen molar-refractivity contribution in [3.05, 3.63) is 63.7 Å². The Labute approximate surface area is 200 Å². The SMILES string of the molecule is COc1cc([C@H](CC(=O)Nc2ccc3c(c2)OCO3)c2c(O)cc(C)oc2=O)cc(OC)c1OC. The summed E-state index contributed by atoms with van der Waals surface area (Å²) in [5.41, 5.74) is 0.151. The van der Waals surface area contributed by atoms with Gasteiger partial charge in [-0.3, -0.25) is 4.79 Å². The van der Waals surface area contributed by atoms with Gasteiger partial charge in [0.15, 0.2) is 23.0 Å². The minimum absolute atomic E-state index is 0.0642. The van der Waals surface area contributed by atoms with E-state index in [4.69, 9.17) is 28.1 Å². The monoisotopic (exact) mass is 483 g/mol. The van der Waals surface area contributed by atoms with E-state index in [2.05, 4.69) is 5.32 Å². The number of aromatic hydroxyl groups is 1. The molecule has 0 fully saturated rings. The first-order valence-corrected chi connectivity index (χ1v) is 10.7. The molecule has 0 unspecified atom stereocenters. The Hall–Kier alpha value is -4.34. The molecule has 1 aliphatic rings. The molecule has 1 atom stereocenters. The molecule has 1 aliphatic heterocycles. The fourth-order valence-corrected chi connectivity index (χ4v) is 3.99. The van der Waals surface area contributed by atoms with Gasteiger partial charge in [0.05, 0.1) is 26.9 Å². The van der Waals surface area contributed by atoms with Gasteiger partial charge in [0.2, 0.25) is 18.4 Å². The standard InChI is InChI=1S/C25H25NO9/c1-13-7-17(27)23(25(29)35-13)16(14-8-20(30-2)24(32-4)21(9-14)31-3)11-22(28)26-15-5-6-18-19(10-15)34-12-33-18/h5-10,16,27H,11-12H2,1-4H3,(H,26,28)/t16-/m0/s1. The van der Waals surface area contributed by atoms with Crippen LogP contribution in [0.1, 0.15) is 29.2 Å². The Morgan fingerprint density at radius 3 is 2.34 bits per heavy atom. The molecule has 10 heteroatoms. The molecule has 0 saturated heterocycles. The summed E-state index contributed by atoms with van der Waals surface area (Å²) in [6.07, 6.45) is -0.200. The number of anilines is 1. The summed E-state index contributed by atoms with van der Waals surface area (Å²) in [7, 11) is 4.39. The number of methoxy groups -OCH3 is 3. The van der Waals surface area contributed by atoms with Gasteiger partial charge >= 0.3 is 5.63 Å². The van der Waals surface area contributed by atoms with Crippen LogP contribution in [0.3, 0.4) is 0 Å². The van der Waals surface area contributed by atoms with Crippen molar-refractivity contribution in [2.45, 2.75) is 19.3 Å². The number of carbonyl (C=O) groups excluding carboxylic acids is 1. The molecule has 1 aromatic heterocycles. The van der Waals surface area contributed by atoms with Crippen molar-refractivity contribution in [2.24, 2.45) is 0 Å². The van der Waals surface area contributed by atoms with Crippen LogP contribution in [0.4, 0.5) is 5.69 Å². The first-order valence-electron chi connectivity index (χ1n) is 10.7. The summed E-state index contributed by atoms with van der Waals surface area (Å²) >= 11 is 0. The van der Waals surface area contributed by atoms with E-state index in [1.807, 2.05) is 0 Å². The molecule has 184 valence electrons. The lowest BCUT2D eigenvalue weighted by Crippen LogP contribution is -2.21. The number of amides is 1. The number of nitrogens with one attached hydrogen (secondary N) is 1. The zero-order valence-corrected chi connectivity index (χ0v) is 19.7. The molecule has 0 bridgehead atoms. The second-order valence-electron chi connectivity index (χ2n) is 7.78.